The number of nitrogens with two attached hydrogens (primary N) is 2. The third kappa shape index (κ3) is 14.3. The molecule has 3 amide bonds. The number of amides is 3. The van der Waals surface area contributed by atoms with Gasteiger partial charge in [-0.3, -0.25) is 29.8 Å². The second-order valence-electron chi connectivity index (χ2n) is 11.9. The molecule has 0 aliphatic carbocycles. The zero-order valence-electron chi connectivity index (χ0n) is 27.6. The number of aliphatic imine (C=N–C) groups is 1. The Morgan fingerprint density at radius 3 is 1.83 bits per heavy atom. The molecule has 3 rings (SSSR count). The molecule has 1 atom stereocenters. The van der Waals surface area contributed by atoms with Crippen LogP contribution in [0.1, 0.15) is 49.8 Å². The summed E-state index contributed by atoms with van der Waals surface area (Å²) in [6.45, 7) is 5.92. The van der Waals surface area contributed by atoms with Gasteiger partial charge in [-0.2, -0.15) is 0 Å². The van der Waals surface area contributed by atoms with Crippen molar-refractivity contribution in [3.8, 4) is 0 Å². The second-order valence-corrected chi connectivity index (χ2v) is 11.9. The Morgan fingerprint density at radius 1 is 0.766 bits per heavy atom. The monoisotopic (exact) mass is 639 g/mol. The average Bonchev–Trinajstić information content (AvgIpc) is 3.07. The van der Waals surface area contributed by atoms with Gasteiger partial charge in [-0.05, 0) is 54.8 Å². The van der Waals surface area contributed by atoms with Crippen molar-refractivity contribution in [1.82, 2.24) is 20.7 Å². The van der Waals surface area contributed by atoms with Crippen molar-refractivity contribution in [2.24, 2.45) is 22.4 Å². The molecule has 6 N–H and O–H groups in total. The summed E-state index contributed by atoms with van der Waals surface area (Å²) in [5.74, 6) is -0.969. The predicted molar refractivity (Wildman–Crippen MR) is 187 cm³/mol. The maximum Gasteiger partial charge on any atom is 0.265 e. The maximum atomic E-state index is 13.5. The molecule has 0 spiro atoms. The molecule has 250 valence electrons. The quantitative estimate of drug-likeness (QED) is 0.0546. The molecule has 0 aromatic heterocycles. The minimum Gasteiger partial charge on any atom is -0.370 e. The molecular weight excluding hydrogens is 590 g/mol. The first-order valence-electron chi connectivity index (χ1n) is 16.2. The Kier molecular flexibility index (Phi) is 15.7. The summed E-state index contributed by atoms with van der Waals surface area (Å²) in [5.41, 5.74) is 16.9. The van der Waals surface area contributed by atoms with Gasteiger partial charge >= 0.3 is 0 Å². The Labute approximate surface area is 278 Å². The number of nitrogens with zero attached hydrogens (tertiary/aromatic N) is 3. The van der Waals surface area contributed by atoms with Crippen molar-refractivity contribution >= 4 is 23.7 Å². The standard InChI is InChI=1S/C37H49N7O3/c1-29(2)26-33(40-23-12-20-30-14-6-3-7-15-30)36(47)42-44(25-13-24-41-37(38)39)35(46)22-21-34(45)43(27-31-16-8-4-9-17-31)28-32-18-10-5-11-19-32/h3-11,14-19,21-22,29,33,40H,12-13,20,23-28H2,1-2H3,(H,42,47)(H4,38,39,41)/b22-21+. The van der Waals surface area contributed by atoms with Crippen molar-refractivity contribution in [3.63, 3.8) is 0 Å². The minimum absolute atomic E-state index is 0.0500. The van der Waals surface area contributed by atoms with Crippen LogP contribution in [0, 0.1) is 5.92 Å². The van der Waals surface area contributed by atoms with Crippen LogP contribution in [-0.4, -0.2) is 59.3 Å². The smallest absolute Gasteiger partial charge is 0.265 e. The zero-order chi connectivity index (χ0) is 33.9. The molecular formula is C37H49N7O3. The predicted octanol–water partition coefficient (Wildman–Crippen LogP) is 3.93. The van der Waals surface area contributed by atoms with Crippen LogP contribution >= 0.6 is 0 Å². The van der Waals surface area contributed by atoms with Crippen molar-refractivity contribution in [3.05, 3.63) is 120 Å². The number of hydrazine groups is 1. The zero-order valence-corrected chi connectivity index (χ0v) is 27.6. The Bertz CT molecular complexity index is 1380. The molecule has 0 fully saturated rings. The van der Waals surface area contributed by atoms with E-state index in [-0.39, 0.29) is 36.8 Å². The fourth-order valence-corrected chi connectivity index (χ4v) is 4.99. The topological polar surface area (TPSA) is 146 Å². The SMILES string of the molecule is CC(C)CC(NCCCc1ccccc1)C(=O)NN(CCCN=C(N)N)C(=O)/C=C/C(=O)N(Cc1ccccc1)Cc1ccccc1. The lowest BCUT2D eigenvalue weighted by Crippen LogP contribution is -2.53. The number of hydrogen-bond acceptors (Lipinski definition) is 5. The minimum atomic E-state index is -0.525. The molecule has 0 aliphatic heterocycles. The molecule has 10 heteroatoms. The summed E-state index contributed by atoms with van der Waals surface area (Å²) < 4.78 is 0. The first-order chi connectivity index (χ1) is 22.7. The lowest BCUT2D eigenvalue weighted by molar-refractivity contribution is -0.139. The van der Waals surface area contributed by atoms with Gasteiger partial charge in [-0.25, -0.2) is 0 Å². The number of carbonyl (C=O) groups is 3. The van der Waals surface area contributed by atoms with Crippen LogP contribution in [-0.2, 0) is 33.9 Å². The molecule has 0 heterocycles. The van der Waals surface area contributed by atoms with E-state index in [1.165, 1.54) is 22.7 Å². The van der Waals surface area contributed by atoms with Crippen molar-refractivity contribution < 1.29 is 14.4 Å². The summed E-state index contributed by atoms with van der Waals surface area (Å²) in [5, 5.41) is 4.60. The summed E-state index contributed by atoms with van der Waals surface area (Å²) >= 11 is 0. The molecule has 0 saturated heterocycles. The van der Waals surface area contributed by atoms with Crippen molar-refractivity contribution in [2.75, 3.05) is 19.6 Å². The molecule has 0 saturated carbocycles. The van der Waals surface area contributed by atoms with Gasteiger partial charge in [0.1, 0.15) is 0 Å². The second kappa shape index (κ2) is 20.2. The number of hydrogen-bond donors (Lipinski definition) is 4. The normalized spacial score (nSPS) is 11.6. The van der Waals surface area contributed by atoms with Crippen LogP contribution in [0.25, 0.3) is 0 Å². The summed E-state index contributed by atoms with van der Waals surface area (Å²) in [7, 11) is 0. The summed E-state index contributed by atoms with van der Waals surface area (Å²) in [6, 6.07) is 29.1. The van der Waals surface area contributed by atoms with E-state index >= 15 is 0 Å². The number of nitrogens with one attached hydrogen (secondary N) is 2. The molecule has 10 nitrogen and oxygen atoms in total. The molecule has 3 aromatic carbocycles. The third-order valence-corrected chi connectivity index (χ3v) is 7.36. The van der Waals surface area contributed by atoms with Gasteiger partial charge in [0, 0.05) is 38.3 Å². The molecule has 47 heavy (non-hydrogen) atoms. The van der Waals surface area contributed by atoms with E-state index in [4.69, 9.17) is 11.5 Å². The Morgan fingerprint density at radius 2 is 1.30 bits per heavy atom. The summed E-state index contributed by atoms with van der Waals surface area (Å²) in [6.07, 6.45) is 5.21. The van der Waals surface area contributed by atoms with E-state index in [1.54, 1.807) is 4.90 Å². The van der Waals surface area contributed by atoms with Gasteiger partial charge in [-0.1, -0.05) is 105 Å². The Balaban J connectivity index is 1.70. The van der Waals surface area contributed by atoms with Crippen LogP contribution in [0.3, 0.4) is 0 Å². The van der Waals surface area contributed by atoms with Crippen LogP contribution in [0.2, 0.25) is 0 Å². The Hall–Kier alpha value is -4.96. The number of carbonyl (C=O) groups excluding carboxylic acids is 3. The number of guanidine groups is 1. The van der Waals surface area contributed by atoms with E-state index in [0.717, 1.165) is 24.0 Å². The van der Waals surface area contributed by atoms with Crippen LogP contribution in [0.4, 0.5) is 0 Å². The van der Waals surface area contributed by atoms with Gasteiger partial charge in [-0.15, -0.1) is 0 Å². The van der Waals surface area contributed by atoms with Crippen LogP contribution < -0.4 is 22.2 Å². The van der Waals surface area contributed by atoms with E-state index < -0.39 is 11.9 Å². The van der Waals surface area contributed by atoms with Gasteiger partial charge in [0.25, 0.3) is 11.8 Å². The first kappa shape index (κ1) is 36.5. The average molecular weight is 640 g/mol. The highest BCUT2D eigenvalue weighted by Gasteiger charge is 2.23. The molecule has 0 bridgehead atoms. The highest BCUT2D eigenvalue weighted by molar-refractivity contribution is 5.97. The van der Waals surface area contributed by atoms with Crippen molar-refractivity contribution in [2.45, 2.75) is 58.7 Å². The van der Waals surface area contributed by atoms with E-state index in [9.17, 15) is 14.4 Å². The molecule has 0 radical (unpaired) electrons. The van der Waals surface area contributed by atoms with Crippen LogP contribution in [0.5, 0.6) is 0 Å². The van der Waals surface area contributed by atoms with Gasteiger partial charge in [0.2, 0.25) is 5.91 Å². The number of aryl methyl sites for hydroxylation is 1. The first-order valence-corrected chi connectivity index (χ1v) is 16.2. The van der Waals surface area contributed by atoms with E-state index in [2.05, 4.69) is 41.7 Å². The highest BCUT2D eigenvalue weighted by atomic mass is 16.2. The largest absolute Gasteiger partial charge is 0.370 e. The van der Waals surface area contributed by atoms with Gasteiger partial charge in [0.15, 0.2) is 5.96 Å². The maximum absolute atomic E-state index is 13.5. The molecule has 1 unspecified atom stereocenters. The molecule has 3 aromatic rings. The number of rotatable bonds is 18. The lowest BCUT2D eigenvalue weighted by Gasteiger charge is -2.26. The lowest BCUT2D eigenvalue weighted by atomic mass is 10.0. The van der Waals surface area contributed by atoms with Gasteiger partial charge in [0.05, 0.1) is 6.04 Å². The van der Waals surface area contributed by atoms with Gasteiger partial charge < -0.3 is 21.7 Å². The van der Waals surface area contributed by atoms with Crippen molar-refractivity contribution in [1.29, 1.82) is 0 Å². The van der Waals surface area contributed by atoms with E-state index in [0.29, 0.717) is 32.5 Å². The van der Waals surface area contributed by atoms with Crippen LogP contribution in [0.15, 0.2) is 108 Å². The third-order valence-electron chi connectivity index (χ3n) is 7.36. The summed E-state index contributed by atoms with van der Waals surface area (Å²) in [4.78, 5) is 46.1. The van der Waals surface area contributed by atoms with E-state index in [1.807, 2.05) is 78.9 Å². The highest BCUT2D eigenvalue weighted by Crippen LogP contribution is 2.12. The number of benzene rings is 3. The molecule has 0 aliphatic rings. The fraction of sp³-hybridized carbons (Fsp3) is 0.351. The fourth-order valence-electron chi connectivity index (χ4n) is 4.99.